The molecule has 0 aliphatic rings. The van der Waals surface area contributed by atoms with Crippen LogP contribution in [0, 0.1) is 12.8 Å². The van der Waals surface area contributed by atoms with Crippen LogP contribution in [0.15, 0.2) is 24.0 Å². The largest absolute Gasteiger partial charge is 0.316 e. The lowest BCUT2D eigenvalue weighted by molar-refractivity contribution is 0.713. The van der Waals surface area contributed by atoms with Crippen molar-refractivity contribution in [3.8, 4) is 0 Å². The van der Waals surface area contributed by atoms with Gasteiger partial charge in [-0.3, -0.25) is 4.98 Å². The Balaban J connectivity index is 2.97. The number of hydrogen-bond donors (Lipinski definition) is 1. The highest BCUT2D eigenvalue weighted by Crippen LogP contribution is 2.15. The Labute approximate surface area is 92.4 Å². The standard InChI is InChI=1S/C13H20N2/c1-10(2)12(8-14-4)7-13-9-15-6-5-11(13)3/h5-7,9-10,14H,8H2,1-4H3/b12-7-. The van der Waals surface area contributed by atoms with Crippen molar-refractivity contribution in [2.45, 2.75) is 20.8 Å². The Morgan fingerprint density at radius 1 is 1.53 bits per heavy atom. The number of nitrogens with zero attached hydrogens (tertiary/aromatic N) is 1. The highest BCUT2D eigenvalue weighted by Gasteiger charge is 2.03. The van der Waals surface area contributed by atoms with Crippen LogP contribution in [0.2, 0.25) is 0 Å². The molecule has 2 heteroatoms. The van der Waals surface area contributed by atoms with Crippen LogP contribution in [0.1, 0.15) is 25.0 Å². The fraction of sp³-hybridized carbons (Fsp3) is 0.462. The van der Waals surface area contributed by atoms with Gasteiger partial charge in [0.1, 0.15) is 0 Å². The van der Waals surface area contributed by atoms with Crippen LogP contribution in [-0.2, 0) is 0 Å². The lowest BCUT2D eigenvalue weighted by Crippen LogP contribution is -2.13. The van der Waals surface area contributed by atoms with Gasteiger partial charge < -0.3 is 5.32 Å². The number of rotatable bonds is 4. The van der Waals surface area contributed by atoms with Crippen LogP contribution in [0.4, 0.5) is 0 Å². The molecular formula is C13H20N2. The molecule has 0 saturated carbocycles. The Bertz CT molecular complexity index is 340. The summed E-state index contributed by atoms with van der Waals surface area (Å²) in [5.41, 5.74) is 3.91. The van der Waals surface area contributed by atoms with Gasteiger partial charge in [0.25, 0.3) is 0 Å². The molecule has 1 heterocycles. The molecule has 0 saturated heterocycles. The molecule has 82 valence electrons. The molecule has 2 nitrogen and oxygen atoms in total. The Morgan fingerprint density at radius 3 is 2.80 bits per heavy atom. The number of nitrogens with one attached hydrogen (secondary N) is 1. The summed E-state index contributed by atoms with van der Waals surface area (Å²) < 4.78 is 0. The molecule has 0 bridgehead atoms. The predicted octanol–water partition coefficient (Wildman–Crippen LogP) is 2.65. The molecule has 1 rings (SSSR count). The van der Waals surface area contributed by atoms with Gasteiger partial charge in [0, 0.05) is 18.9 Å². The third kappa shape index (κ3) is 3.48. The van der Waals surface area contributed by atoms with Gasteiger partial charge in [-0.05, 0) is 37.1 Å². The summed E-state index contributed by atoms with van der Waals surface area (Å²) in [4.78, 5) is 4.15. The van der Waals surface area contributed by atoms with E-state index in [1.54, 1.807) is 0 Å². The number of likely N-dealkylation sites (N-methyl/N-ethyl adjacent to an activating group) is 1. The molecule has 0 fully saturated rings. The summed E-state index contributed by atoms with van der Waals surface area (Å²) in [5.74, 6) is 0.567. The topological polar surface area (TPSA) is 24.9 Å². The monoisotopic (exact) mass is 204 g/mol. The van der Waals surface area contributed by atoms with Crippen molar-refractivity contribution in [2.24, 2.45) is 5.92 Å². The van der Waals surface area contributed by atoms with Crippen LogP contribution in [0.3, 0.4) is 0 Å². The van der Waals surface area contributed by atoms with Crippen molar-refractivity contribution in [3.63, 3.8) is 0 Å². The van der Waals surface area contributed by atoms with Gasteiger partial charge in [0.15, 0.2) is 0 Å². The van der Waals surface area contributed by atoms with E-state index in [-0.39, 0.29) is 0 Å². The van der Waals surface area contributed by atoms with E-state index in [4.69, 9.17) is 0 Å². The van der Waals surface area contributed by atoms with Crippen molar-refractivity contribution in [2.75, 3.05) is 13.6 Å². The molecule has 0 spiro atoms. The van der Waals surface area contributed by atoms with E-state index in [9.17, 15) is 0 Å². The Kier molecular flexibility index (Phi) is 4.50. The SMILES string of the molecule is CNC/C(=C/c1cnccc1C)C(C)C. The lowest BCUT2D eigenvalue weighted by atomic mass is 9.99. The van der Waals surface area contributed by atoms with E-state index < -0.39 is 0 Å². The fourth-order valence-corrected chi connectivity index (χ4v) is 1.45. The second kappa shape index (κ2) is 5.66. The minimum Gasteiger partial charge on any atom is -0.316 e. The molecule has 0 aliphatic carbocycles. The summed E-state index contributed by atoms with van der Waals surface area (Å²) in [5, 5.41) is 3.20. The zero-order chi connectivity index (χ0) is 11.3. The van der Waals surface area contributed by atoms with Crippen molar-refractivity contribution in [1.82, 2.24) is 10.3 Å². The normalized spacial score (nSPS) is 12.2. The van der Waals surface area contributed by atoms with Gasteiger partial charge >= 0.3 is 0 Å². The van der Waals surface area contributed by atoms with Gasteiger partial charge in [-0.15, -0.1) is 0 Å². The number of hydrogen-bond acceptors (Lipinski definition) is 2. The fourth-order valence-electron chi connectivity index (χ4n) is 1.45. The maximum atomic E-state index is 4.15. The third-order valence-corrected chi connectivity index (χ3v) is 2.54. The van der Waals surface area contributed by atoms with Gasteiger partial charge in [-0.25, -0.2) is 0 Å². The van der Waals surface area contributed by atoms with Crippen LogP contribution < -0.4 is 5.32 Å². The highest BCUT2D eigenvalue weighted by molar-refractivity contribution is 5.55. The smallest absolute Gasteiger partial charge is 0.0342 e. The van der Waals surface area contributed by atoms with Crippen LogP contribution in [0.5, 0.6) is 0 Å². The van der Waals surface area contributed by atoms with Crippen molar-refractivity contribution in [1.29, 1.82) is 0 Å². The van der Waals surface area contributed by atoms with Gasteiger partial charge in [-0.1, -0.05) is 25.5 Å². The summed E-state index contributed by atoms with van der Waals surface area (Å²) in [6, 6.07) is 2.04. The molecule has 1 aromatic rings. The van der Waals surface area contributed by atoms with Gasteiger partial charge in [0.2, 0.25) is 0 Å². The molecule has 15 heavy (non-hydrogen) atoms. The minimum atomic E-state index is 0.567. The van der Waals surface area contributed by atoms with Crippen LogP contribution in [-0.4, -0.2) is 18.6 Å². The highest BCUT2D eigenvalue weighted by atomic mass is 14.8. The first kappa shape index (κ1) is 11.9. The zero-order valence-corrected chi connectivity index (χ0v) is 10.0. The maximum Gasteiger partial charge on any atom is 0.0342 e. The summed E-state index contributed by atoms with van der Waals surface area (Å²) >= 11 is 0. The molecular weight excluding hydrogens is 184 g/mol. The predicted molar refractivity (Wildman–Crippen MR) is 65.7 cm³/mol. The first-order chi connectivity index (χ1) is 7.15. The summed E-state index contributed by atoms with van der Waals surface area (Å²) in [6.45, 7) is 7.49. The van der Waals surface area contributed by atoms with E-state index in [2.05, 4.69) is 37.1 Å². The van der Waals surface area contributed by atoms with E-state index >= 15 is 0 Å². The number of pyridine rings is 1. The van der Waals surface area contributed by atoms with Crippen LogP contribution >= 0.6 is 0 Å². The number of aryl methyl sites for hydroxylation is 1. The summed E-state index contributed by atoms with van der Waals surface area (Å²) in [7, 11) is 1.98. The molecule has 1 aromatic heterocycles. The van der Waals surface area contributed by atoms with E-state index in [1.807, 2.05) is 25.5 Å². The molecule has 0 radical (unpaired) electrons. The van der Waals surface area contributed by atoms with E-state index in [0.29, 0.717) is 5.92 Å². The average Bonchev–Trinajstić information content (AvgIpc) is 2.20. The number of aromatic nitrogens is 1. The molecule has 0 atom stereocenters. The minimum absolute atomic E-state index is 0.567. The van der Waals surface area contributed by atoms with E-state index in [0.717, 1.165) is 6.54 Å². The molecule has 0 aliphatic heterocycles. The maximum absolute atomic E-state index is 4.15. The van der Waals surface area contributed by atoms with Crippen molar-refractivity contribution in [3.05, 3.63) is 35.2 Å². The third-order valence-electron chi connectivity index (χ3n) is 2.54. The molecule has 0 aromatic carbocycles. The van der Waals surface area contributed by atoms with Crippen molar-refractivity contribution >= 4 is 6.08 Å². The Hall–Kier alpha value is -1.15. The molecule has 0 unspecified atom stereocenters. The molecule has 0 amide bonds. The second-order valence-electron chi connectivity index (χ2n) is 4.14. The van der Waals surface area contributed by atoms with Gasteiger partial charge in [0.05, 0.1) is 0 Å². The van der Waals surface area contributed by atoms with Crippen molar-refractivity contribution < 1.29 is 0 Å². The first-order valence-corrected chi connectivity index (χ1v) is 5.40. The van der Waals surface area contributed by atoms with Crippen LogP contribution in [0.25, 0.3) is 6.08 Å². The average molecular weight is 204 g/mol. The first-order valence-electron chi connectivity index (χ1n) is 5.40. The zero-order valence-electron chi connectivity index (χ0n) is 10.0. The van der Waals surface area contributed by atoms with Gasteiger partial charge in [-0.2, -0.15) is 0 Å². The summed E-state index contributed by atoms with van der Waals surface area (Å²) in [6.07, 6.45) is 6.00. The quantitative estimate of drug-likeness (QED) is 0.815. The lowest BCUT2D eigenvalue weighted by Gasteiger charge is -2.11. The Morgan fingerprint density at radius 2 is 2.27 bits per heavy atom. The van der Waals surface area contributed by atoms with E-state index in [1.165, 1.54) is 16.7 Å². The second-order valence-corrected chi connectivity index (χ2v) is 4.14. The molecule has 1 N–H and O–H groups in total.